The number of anilines is 1. The first-order valence-corrected chi connectivity index (χ1v) is 6.57. The molecule has 1 N–H and O–H groups in total. The van der Waals surface area contributed by atoms with Crippen LogP contribution in [0.25, 0.3) is 0 Å². The van der Waals surface area contributed by atoms with Crippen molar-refractivity contribution < 1.29 is 19.1 Å². The minimum Gasteiger partial charge on any atom is -0.464 e. The highest BCUT2D eigenvalue weighted by atomic mass is 35.5. The van der Waals surface area contributed by atoms with E-state index in [0.717, 1.165) is 5.56 Å². The van der Waals surface area contributed by atoms with Crippen LogP contribution in [0, 0.1) is 0 Å². The number of amides is 1. The zero-order valence-corrected chi connectivity index (χ0v) is 12.3. The summed E-state index contributed by atoms with van der Waals surface area (Å²) in [6.07, 6.45) is -0.727. The van der Waals surface area contributed by atoms with E-state index in [9.17, 15) is 9.59 Å². The zero-order chi connectivity index (χ0) is 15.9. The largest absolute Gasteiger partial charge is 0.464 e. The standard InChI is InChI=1S/C14H12ClN3O4/c1-21-12(19)10-7-11(17-13(15)16-10)18-14(20)22-8-9-5-3-2-4-6-9/h2-7H,8H2,1H3,(H,16,17,18,20). The third-order valence-electron chi connectivity index (χ3n) is 2.54. The van der Waals surface area contributed by atoms with Crippen LogP contribution in [0.1, 0.15) is 16.1 Å². The van der Waals surface area contributed by atoms with E-state index >= 15 is 0 Å². The van der Waals surface area contributed by atoms with Crippen LogP contribution >= 0.6 is 11.6 Å². The zero-order valence-electron chi connectivity index (χ0n) is 11.6. The fraction of sp³-hybridized carbons (Fsp3) is 0.143. The number of methoxy groups -OCH3 is 1. The maximum atomic E-state index is 11.7. The van der Waals surface area contributed by atoms with Crippen LogP contribution in [0.15, 0.2) is 36.4 Å². The van der Waals surface area contributed by atoms with Crippen LogP contribution in [0.4, 0.5) is 10.6 Å². The van der Waals surface area contributed by atoms with Crippen LogP contribution in [0.5, 0.6) is 0 Å². The second-order valence-electron chi connectivity index (χ2n) is 4.09. The molecule has 2 rings (SSSR count). The highest BCUT2D eigenvalue weighted by molar-refractivity contribution is 6.28. The molecule has 0 aliphatic rings. The van der Waals surface area contributed by atoms with Crippen molar-refractivity contribution in [2.75, 3.05) is 12.4 Å². The lowest BCUT2D eigenvalue weighted by atomic mass is 10.2. The molecule has 0 atom stereocenters. The molecule has 0 aliphatic heterocycles. The molecule has 0 radical (unpaired) electrons. The number of ether oxygens (including phenoxy) is 2. The molecule has 0 fully saturated rings. The van der Waals surface area contributed by atoms with Gasteiger partial charge in [0.05, 0.1) is 7.11 Å². The predicted molar refractivity (Wildman–Crippen MR) is 78.6 cm³/mol. The first-order valence-electron chi connectivity index (χ1n) is 6.19. The number of carbonyl (C=O) groups excluding carboxylic acids is 2. The van der Waals surface area contributed by atoms with Crippen molar-refractivity contribution in [3.8, 4) is 0 Å². The average Bonchev–Trinajstić information content (AvgIpc) is 2.52. The van der Waals surface area contributed by atoms with Crippen molar-refractivity contribution in [2.45, 2.75) is 6.61 Å². The molecule has 1 heterocycles. The topological polar surface area (TPSA) is 90.4 Å². The minimum absolute atomic E-state index is 0.0402. The van der Waals surface area contributed by atoms with E-state index < -0.39 is 12.1 Å². The molecule has 22 heavy (non-hydrogen) atoms. The fourth-order valence-corrected chi connectivity index (χ4v) is 1.74. The van der Waals surface area contributed by atoms with Gasteiger partial charge in [-0.1, -0.05) is 30.3 Å². The lowest BCUT2D eigenvalue weighted by molar-refractivity contribution is 0.0593. The van der Waals surface area contributed by atoms with E-state index in [4.69, 9.17) is 16.3 Å². The Morgan fingerprint density at radius 3 is 2.64 bits per heavy atom. The van der Waals surface area contributed by atoms with Crippen molar-refractivity contribution in [1.82, 2.24) is 9.97 Å². The molecule has 1 aromatic heterocycles. The first-order chi connectivity index (χ1) is 10.6. The first kappa shape index (κ1) is 15.7. The van der Waals surface area contributed by atoms with E-state index in [1.807, 2.05) is 30.3 Å². The summed E-state index contributed by atoms with van der Waals surface area (Å²) < 4.78 is 9.55. The second kappa shape index (κ2) is 7.37. The van der Waals surface area contributed by atoms with Gasteiger partial charge in [0.25, 0.3) is 0 Å². The third-order valence-corrected chi connectivity index (χ3v) is 2.71. The Morgan fingerprint density at radius 2 is 1.95 bits per heavy atom. The Labute approximate surface area is 131 Å². The number of esters is 1. The van der Waals surface area contributed by atoms with Crippen molar-refractivity contribution in [3.63, 3.8) is 0 Å². The van der Waals surface area contributed by atoms with Crippen LogP contribution in [-0.2, 0) is 16.1 Å². The van der Waals surface area contributed by atoms with Crippen LogP contribution in [-0.4, -0.2) is 29.1 Å². The smallest absolute Gasteiger partial charge is 0.413 e. The summed E-state index contributed by atoms with van der Waals surface area (Å²) in [6.45, 7) is 0.106. The van der Waals surface area contributed by atoms with Gasteiger partial charge in [-0.2, -0.15) is 0 Å². The molecule has 0 saturated heterocycles. The van der Waals surface area contributed by atoms with Crippen LogP contribution in [0.3, 0.4) is 0 Å². The van der Waals surface area contributed by atoms with E-state index in [1.54, 1.807) is 0 Å². The fourth-order valence-electron chi connectivity index (χ4n) is 1.55. The molecule has 2 aromatic rings. The number of halogens is 1. The van der Waals surface area contributed by atoms with Gasteiger partial charge in [0, 0.05) is 6.07 Å². The normalized spacial score (nSPS) is 9.91. The predicted octanol–water partition coefficient (Wildman–Crippen LogP) is 2.67. The Kier molecular flexibility index (Phi) is 5.26. The molecule has 0 spiro atoms. The van der Waals surface area contributed by atoms with Crippen LogP contribution < -0.4 is 5.32 Å². The maximum Gasteiger partial charge on any atom is 0.413 e. The summed E-state index contributed by atoms with van der Waals surface area (Å²) in [7, 11) is 1.21. The molecule has 0 saturated carbocycles. The highest BCUT2D eigenvalue weighted by Gasteiger charge is 2.13. The Balaban J connectivity index is 1.99. The molecule has 0 bridgehead atoms. The highest BCUT2D eigenvalue weighted by Crippen LogP contribution is 2.12. The number of hydrogen-bond acceptors (Lipinski definition) is 6. The third kappa shape index (κ3) is 4.42. The van der Waals surface area contributed by atoms with Gasteiger partial charge in [0.15, 0.2) is 5.69 Å². The summed E-state index contributed by atoms with van der Waals surface area (Å²) in [6, 6.07) is 10.4. The van der Waals surface area contributed by atoms with Gasteiger partial charge in [-0.3, -0.25) is 5.32 Å². The number of rotatable bonds is 4. The summed E-state index contributed by atoms with van der Waals surface area (Å²) in [5.74, 6) is -0.650. The van der Waals surface area contributed by atoms with Gasteiger partial charge in [-0.15, -0.1) is 0 Å². The molecular weight excluding hydrogens is 310 g/mol. The molecule has 1 aromatic carbocycles. The molecule has 114 valence electrons. The summed E-state index contributed by atoms with van der Waals surface area (Å²) in [4.78, 5) is 30.6. The number of aromatic nitrogens is 2. The van der Waals surface area contributed by atoms with Crippen molar-refractivity contribution in [1.29, 1.82) is 0 Å². The van der Waals surface area contributed by atoms with Gasteiger partial charge >= 0.3 is 12.1 Å². The second-order valence-corrected chi connectivity index (χ2v) is 4.42. The number of benzene rings is 1. The SMILES string of the molecule is COC(=O)c1cc(NC(=O)OCc2ccccc2)nc(Cl)n1. The van der Waals surface area contributed by atoms with Gasteiger partial charge in [-0.05, 0) is 17.2 Å². The van der Waals surface area contributed by atoms with Crippen molar-refractivity contribution in [2.24, 2.45) is 0 Å². The van der Waals surface area contributed by atoms with Gasteiger partial charge in [-0.25, -0.2) is 19.6 Å². The molecule has 0 aliphatic carbocycles. The molecule has 7 nitrogen and oxygen atoms in total. The number of nitrogens with one attached hydrogen (secondary N) is 1. The van der Waals surface area contributed by atoms with Gasteiger partial charge < -0.3 is 9.47 Å². The summed E-state index contributed by atoms with van der Waals surface area (Å²) in [5.41, 5.74) is 0.773. The van der Waals surface area contributed by atoms with Crippen LogP contribution in [0.2, 0.25) is 5.28 Å². The monoisotopic (exact) mass is 321 g/mol. The van der Waals surface area contributed by atoms with E-state index in [2.05, 4.69) is 20.0 Å². The van der Waals surface area contributed by atoms with E-state index in [0.29, 0.717) is 0 Å². The van der Waals surface area contributed by atoms with Crippen molar-refractivity contribution in [3.05, 3.63) is 52.9 Å². The average molecular weight is 322 g/mol. The summed E-state index contributed by atoms with van der Waals surface area (Å²) >= 11 is 5.69. The minimum atomic E-state index is -0.727. The number of hydrogen-bond donors (Lipinski definition) is 1. The van der Waals surface area contributed by atoms with E-state index in [-0.39, 0.29) is 23.4 Å². The molecule has 0 unspecified atom stereocenters. The quantitative estimate of drug-likeness (QED) is 0.687. The molecule has 8 heteroatoms. The van der Waals surface area contributed by atoms with E-state index in [1.165, 1.54) is 13.2 Å². The molecular formula is C14H12ClN3O4. The maximum absolute atomic E-state index is 11.7. The van der Waals surface area contributed by atoms with Crippen molar-refractivity contribution >= 4 is 29.5 Å². The lowest BCUT2D eigenvalue weighted by Gasteiger charge is -2.07. The number of carbonyl (C=O) groups is 2. The number of nitrogens with zero attached hydrogens (tertiary/aromatic N) is 2. The Morgan fingerprint density at radius 1 is 1.23 bits per heavy atom. The lowest BCUT2D eigenvalue weighted by Crippen LogP contribution is -2.16. The Hall–Kier alpha value is -2.67. The van der Waals surface area contributed by atoms with Gasteiger partial charge in [0.1, 0.15) is 12.4 Å². The molecule has 1 amide bonds. The van der Waals surface area contributed by atoms with Gasteiger partial charge in [0.2, 0.25) is 5.28 Å². The Bertz CT molecular complexity index is 679. The summed E-state index contributed by atoms with van der Waals surface area (Å²) in [5, 5.41) is 2.17.